The van der Waals surface area contributed by atoms with E-state index >= 15 is 0 Å². The summed E-state index contributed by atoms with van der Waals surface area (Å²) in [6.45, 7) is 4.58. The van der Waals surface area contributed by atoms with E-state index in [1.165, 1.54) is 4.31 Å². The molecule has 3 rings (SSSR count). The van der Waals surface area contributed by atoms with Gasteiger partial charge < -0.3 is 4.90 Å². The van der Waals surface area contributed by atoms with Crippen LogP contribution in [0.3, 0.4) is 0 Å². The van der Waals surface area contributed by atoms with Crippen LogP contribution < -0.4 is 0 Å². The molecule has 29 heavy (non-hydrogen) atoms. The van der Waals surface area contributed by atoms with Crippen LogP contribution >= 0.6 is 0 Å². The fourth-order valence-electron chi connectivity index (χ4n) is 3.83. The van der Waals surface area contributed by atoms with Crippen LogP contribution in [0.5, 0.6) is 0 Å². The van der Waals surface area contributed by atoms with Crippen LogP contribution in [0.2, 0.25) is 0 Å². The number of benzene rings is 1. The zero-order valence-corrected chi connectivity index (χ0v) is 17.2. The van der Waals surface area contributed by atoms with Gasteiger partial charge in [-0.05, 0) is 50.5 Å². The molecule has 2 aliphatic rings. The number of piperidine rings is 1. The lowest BCUT2D eigenvalue weighted by atomic mass is 10.1. The first-order valence-corrected chi connectivity index (χ1v) is 11.2. The number of halogens is 3. The number of hydrogen-bond acceptors (Lipinski definition) is 4. The maximum Gasteiger partial charge on any atom is 0.416 e. The van der Waals surface area contributed by atoms with Gasteiger partial charge in [-0.1, -0.05) is 0 Å². The number of hydrogen-bond donors (Lipinski definition) is 0. The largest absolute Gasteiger partial charge is 0.416 e. The normalized spacial score (nSPS) is 21.2. The second-order valence-corrected chi connectivity index (χ2v) is 9.46. The van der Waals surface area contributed by atoms with Crippen molar-refractivity contribution in [3.63, 3.8) is 0 Å². The van der Waals surface area contributed by atoms with Crippen LogP contribution in [-0.2, 0) is 21.0 Å². The molecule has 0 radical (unpaired) electrons. The average molecular weight is 433 g/mol. The minimum Gasteiger partial charge on any atom is -0.341 e. The van der Waals surface area contributed by atoms with Gasteiger partial charge in [-0.25, -0.2) is 8.42 Å². The van der Waals surface area contributed by atoms with E-state index < -0.39 is 21.8 Å². The molecule has 2 fully saturated rings. The lowest BCUT2D eigenvalue weighted by Crippen LogP contribution is -2.55. The third-order valence-corrected chi connectivity index (χ3v) is 7.58. The van der Waals surface area contributed by atoms with Crippen molar-refractivity contribution in [3.8, 4) is 0 Å². The number of alkyl halides is 3. The first kappa shape index (κ1) is 22.0. The molecule has 2 aliphatic heterocycles. The molecule has 0 bridgehead atoms. The molecular formula is C19H26F3N3O3S. The van der Waals surface area contributed by atoms with Crippen molar-refractivity contribution in [2.75, 3.05) is 39.3 Å². The van der Waals surface area contributed by atoms with Crippen LogP contribution in [0.1, 0.15) is 31.7 Å². The number of carbonyl (C=O) groups is 1. The number of carbonyl (C=O) groups excluding carboxylic acids is 1. The number of amides is 1. The Kier molecular flexibility index (Phi) is 6.54. The Balaban J connectivity index is 1.61. The van der Waals surface area contributed by atoms with E-state index in [0.717, 1.165) is 56.6 Å². The van der Waals surface area contributed by atoms with Gasteiger partial charge in [0.25, 0.3) is 0 Å². The molecule has 2 saturated heterocycles. The molecule has 0 aromatic heterocycles. The van der Waals surface area contributed by atoms with E-state index in [-0.39, 0.29) is 29.9 Å². The van der Waals surface area contributed by atoms with Gasteiger partial charge in [0, 0.05) is 39.3 Å². The molecule has 0 saturated carbocycles. The number of likely N-dealkylation sites (tertiary alicyclic amines) is 1. The molecule has 1 amide bonds. The molecule has 2 heterocycles. The second kappa shape index (κ2) is 8.61. The Hall–Kier alpha value is -1.65. The fraction of sp³-hybridized carbons (Fsp3) is 0.632. The highest BCUT2D eigenvalue weighted by atomic mass is 32.2. The topological polar surface area (TPSA) is 60.9 Å². The Bertz CT molecular complexity index is 813. The minimum absolute atomic E-state index is 0.0729. The number of sulfonamides is 1. The van der Waals surface area contributed by atoms with Gasteiger partial charge in [0.1, 0.15) is 0 Å². The van der Waals surface area contributed by atoms with Crippen molar-refractivity contribution in [1.82, 2.24) is 14.1 Å². The summed E-state index contributed by atoms with van der Waals surface area (Å²) in [7, 11) is -3.87. The molecule has 1 aromatic carbocycles. The summed E-state index contributed by atoms with van der Waals surface area (Å²) in [5.74, 6) is 0.0729. The van der Waals surface area contributed by atoms with Crippen molar-refractivity contribution >= 4 is 15.9 Å². The van der Waals surface area contributed by atoms with E-state index in [9.17, 15) is 26.4 Å². The molecule has 10 heteroatoms. The highest BCUT2D eigenvalue weighted by Gasteiger charge is 2.34. The van der Waals surface area contributed by atoms with E-state index in [0.29, 0.717) is 13.1 Å². The molecule has 6 nitrogen and oxygen atoms in total. The summed E-state index contributed by atoms with van der Waals surface area (Å²) in [5.41, 5.74) is -0.883. The van der Waals surface area contributed by atoms with Crippen LogP contribution in [-0.4, -0.2) is 73.7 Å². The molecule has 0 N–H and O–H groups in total. The minimum atomic E-state index is -4.51. The Morgan fingerprint density at radius 1 is 0.931 bits per heavy atom. The first-order chi connectivity index (χ1) is 13.6. The van der Waals surface area contributed by atoms with E-state index in [1.54, 1.807) is 0 Å². The Morgan fingerprint density at radius 2 is 1.48 bits per heavy atom. The van der Waals surface area contributed by atoms with Gasteiger partial charge in [0.05, 0.1) is 16.5 Å². The summed E-state index contributed by atoms with van der Waals surface area (Å²) < 4.78 is 64.9. The quantitative estimate of drug-likeness (QED) is 0.732. The molecule has 1 atom stereocenters. The SMILES string of the molecule is CC(C(=O)N1CCCCC1)N1CCN(S(=O)(=O)c2ccc(C(F)(F)F)cc2)CC1. The van der Waals surface area contributed by atoms with Crippen molar-refractivity contribution < 1.29 is 26.4 Å². The second-order valence-electron chi connectivity index (χ2n) is 7.52. The third kappa shape index (κ3) is 4.92. The maximum absolute atomic E-state index is 12.8. The van der Waals surface area contributed by atoms with Crippen LogP contribution in [0, 0.1) is 0 Å². The summed E-state index contributed by atoms with van der Waals surface area (Å²) in [5, 5.41) is 0. The average Bonchev–Trinajstić information content (AvgIpc) is 2.73. The van der Waals surface area contributed by atoms with Crippen LogP contribution in [0.25, 0.3) is 0 Å². The molecule has 0 aliphatic carbocycles. The van der Waals surface area contributed by atoms with Crippen LogP contribution in [0.15, 0.2) is 29.2 Å². The standard InChI is InChI=1S/C19H26F3N3O3S/c1-15(18(26)24-9-3-2-4-10-24)23-11-13-25(14-12-23)29(27,28)17-7-5-16(6-8-17)19(20,21)22/h5-8,15H,2-4,9-14H2,1H3. The van der Waals surface area contributed by atoms with Crippen molar-refractivity contribution in [3.05, 3.63) is 29.8 Å². The summed E-state index contributed by atoms with van der Waals surface area (Å²) >= 11 is 0. The Morgan fingerprint density at radius 3 is 2.00 bits per heavy atom. The van der Waals surface area contributed by atoms with Gasteiger partial charge in [-0.3, -0.25) is 9.69 Å². The molecule has 1 unspecified atom stereocenters. The number of piperazine rings is 1. The third-order valence-electron chi connectivity index (χ3n) is 5.67. The van der Waals surface area contributed by atoms with Crippen LogP contribution in [0.4, 0.5) is 13.2 Å². The van der Waals surface area contributed by atoms with Gasteiger partial charge in [0.15, 0.2) is 0 Å². The summed E-state index contributed by atoms with van der Waals surface area (Å²) in [6.07, 6.45) is -1.35. The van der Waals surface area contributed by atoms with E-state index in [1.807, 2.05) is 16.7 Å². The zero-order valence-electron chi connectivity index (χ0n) is 16.4. The number of nitrogens with zero attached hydrogens (tertiary/aromatic N) is 3. The van der Waals surface area contributed by atoms with E-state index in [2.05, 4.69) is 0 Å². The summed E-state index contributed by atoms with van der Waals surface area (Å²) in [6, 6.07) is 3.23. The maximum atomic E-state index is 12.8. The molecule has 1 aromatic rings. The van der Waals surface area contributed by atoms with E-state index in [4.69, 9.17) is 0 Å². The van der Waals surface area contributed by atoms with Crippen molar-refractivity contribution in [1.29, 1.82) is 0 Å². The highest BCUT2D eigenvalue weighted by molar-refractivity contribution is 7.89. The fourth-order valence-corrected chi connectivity index (χ4v) is 5.25. The molecule has 0 spiro atoms. The van der Waals surface area contributed by atoms with Crippen molar-refractivity contribution in [2.45, 2.75) is 43.3 Å². The van der Waals surface area contributed by atoms with Crippen molar-refractivity contribution in [2.24, 2.45) is 0 Å². The number of rotatable bonds is 4. The lowest BCUT2D eigenvalue weighted by Gasteiger charge is -2.39. The first-order valence-electron chi connectivity index (χ1n) is 9.81. The van der Waals surface area contributed by atoms with Gasteiger partial charge in [-0.2, -0.15) is 17.5 Å². The van der Waals surface area contributed by atoms with Gasteiger partial charge in [0.2, 0.25) is 15.9 Å². The molecule has 162 valence electrons. The lowest BCUT2D eigenvalue weighted by molar-refractivity contribution is -0.138. The summed E-state index contributed by atoms with van der Waals surface area (Å²) in [4.78, 5) is 16.4. The molecular weight excluding hydrogens is 407 g/mol. The predicted octanol–water partition coefficient (Wildman–Crippen LogP) is 2.41. The monoisotopic (exact) mass is 433 g/mol. The predicted molar refractivity (Wildman–Crippen MR) is 102 cm³/mol. The zero-order chi connectivity index (χ0) is 21.2. The van der Waals surface area contributed by atoms with Gasteiger partial charge in [-0.15, -0.1) is 0 Å². The smallest absolute Gasteiger partial charge is 0.341 e. The highest BCUT2D eigenvalue weighted by Crippen LogP contribution is 2.30. The Labute approximate surface area is 169 Å². The van der Waals surface area contributed by atoms with Gasteiger partial charge >= 0.3 is 6.18 Å².